The maximum atomic E-state index is 11.2. The third kappa shape index (κ3) is 3.82. The third-order valence-corrected chi connectivity index (χ3v) is 2.75. The highest BCUT2D eigenvalue weighted by molar-refractivity contribution is 5.67. The molecule has 2 aromatic carbocycles. The Bertz CT molecular complexity index is 652. The highest BCUT2D eigenvalue weighted by atomic mass is 16.6. The molecule has 0 spiro atoms. The van der Waals surface area contributed by atoms with Gasteiger partial charge in [-0.05, 0) is 30.5 Å². The standard InChI is InChI=1S/C16H16N2O3/c1-17(2)12-11-14-15(18(19)20)9-6-10-16(14)21-13-7-4-3-5-8-13/h3-12H,1-2H3/b12-11+. The van der Waals surface area contributed by atoms with Crippen LogP contribution in [0.15, 0.2) is 54.7 Å². The number of hydrogen-bond acceptors (Lipinski definition) is 4. The fourth-order valence-corrected chi connectivity index (χ4v) is 1.79. The van der Waals surface area contributed by atoms with Gasteiger partial charge in [0.05, 0.1) is 10.5 Å². The molecule has 108 valence electrons. The van der Waals surface area contributed by atoms with Gasteiger partial charge in [0.1, 0.15) is 11.5 Å². The van der Waals surface area contributed by atoms with E-state index in [2.05, 4.69) is 0 Å². The van der Waals surface area contributed by atoms with Gasteiger partial charge in [0.15, 0.2) is 0 Å². The number of nitro benzene ring substituents is 1. The summed E-state index contributed by atoms with van der Waals surface area (Å²) in [7, 11) is 3.70. The topological polar surface area (TPSA) is 55.6 Å². The molecule has 2 rings (SSSR count). The molecule has 0 aromatic heterocycles. The van der Waals surface area contributed by atoms with Gasteiger partial charge < -0.3 is 9.64 Å². The average Bonchev–Trinajstić information content (AvgIpc) is 2.46. The minimum Gasteiger partial charge on any atom is -0.456 e. The lowest BCUT2D eigenvalue weighted by Crippen LogP contribution is -2.01. The predicted molar refractivity (Wildman–Crippen MR) is 82.3 cm³/mol. The van der Waals surface area contributed by atoms with Crippen molar-refractivity contribution in [3.63, 3.8) is 0 Å². The van der Waals surface area contributed by atoms with Crippen LogP contribution in [-0.4, -0.2) is 23.9 Å². The van der Waals surface area contributed by atoms with Gasteiger partial charge in [0.25, 0.3) is 5.69 Å². The lowest BCUT2D eigenvalue weighted by atomic mass is 10.1. The van der Waals surface area contributed by atoms with Crippen LogP contribution in [-0.2, 0) is 0 Å². The van der Waals surface area contributed by atoms with Crippen LogP contribution in [0.1, 0.15) is 5.56 Å². The van der Waals surface area contributed by atoms with Crippen LogP contribution in [0.25, 0.3) is 6.08 Å². The Labute approximate surface area is 123 Å². The summed E-state index contributed by atoms with van der Waals surface area (Å²) in [6, 6.07) is 14.0. The Morgan fingerprint density at radius 3 is 2.43 bits per heavy atom. The van der Waals surface area contributed by atoms with Crippen molar-refractivity contribution >= 4 is 11.8 Å². The smallest absolute Gasteiger partial charge is 0.280 e. The molecule has 0 radical (unpaired) electrons. The number of para-hydroxylation sites is 1. The van der Waals surface area contributed by atoms with Crippen LogP contribution in [0, 0.1) is 10.1 Å². The summed E-state index contributed by atoms with van der Waals surface area (Å²) in [5.41, 5.74) is 0.460. The van der Waals surface area contributed by atoms with Crippen LogP contribution >= 0.6 is 0 Å². The zero-order chi connectivity index (χ0) is 15.2. The van der Waals surface area contributed by atoms with Gasteiger partial charge in [-0.2, -0.15) is 0 Å². The molecule has 0 aliphatic heterocycles. The molecule has 5 nitrogen and oxygen atoms in total. The highest BCUT2D eigenvalue weighted by Gasteiger charge is 2.16. The molecule has 0 aliphatic carbocycles. The molecule has 0 bridgehead atoms. The van der Waals surface area contributed by atoms with Gasteiger partial charge in [-0.1, -0.05) is 24.3 Å². The van der Waals surface area contributed by atoms with Crippen LogP contribution in [0.5, 0.6) is 11.5 Å². The van der Waals surface area contributed by atoms with Gasteiger partial charge in [0, 0.05) is 20.2 Å². The SMILES string of the molecule is CN(C)/C=C/c1c(Oc2ccccc2)cccc1[N+](=O)[O-]. The van der Waals surface area contributed by atoms with E-state index in [1.54, 1.807) is 36.5 Å². The Balaban J connectivity index is 2.44. The molecule has 0 saturated carbocycles. The molecule has 0 saturated heterocycles. The molecule has 0 heterocycles. The maximum absolute atomic E-state index is 11.2. The second kappa shape index (κ2) is 6.56. The maximum Gasteiger partial charge on any atom is 0.280 e. The van der Waals surface area contributed by atoms with E-state index in [9.17, 15) is 10.1 Å². The van der Waals surface area contributed by atoms with E-state index in [0.29, 0.717) is 17.1 Å². The zero-order valence-corrected chi connectivity index (χ0v) is 11.9. The van der Waals surface area contributed by atoms with Crippen LogP contribution in [0.2, 0.25) is 0 Å². The molecule has 0 aliphatic rings. The fraction of sp³-hybridized carbons (Fsp3) is 0.125. The molecule has 0 amide bonds. The van der Waals surface area contributed by atoms with Crippen molar-refractivity contribution in [1.29, 1.82) is 0 Å². The second-order valence-corrected chi connectivity index (χ2v) is 4.64. The molecule has 0 N–H and O–H groups in total. The molecule has 0 atom stereocenters. The number of rotatable bonds is 5. The largest absolute Gasteiger partial charge is 0.456 e. The van der Waals surface area contributed by atoms with E-state index in [0.717, 1.165) is 0 Å². The molecular weight excluding hydrogens is 268 g/mol. The lowest BCUT2D eigenvalue weighted by molar-refractivity contribution is -0.385. The van der Waals surface area contributed by atoms with Gasteiger partial charge in [-0.25, -0.2) is 0 Å². The van der Waals surface area contributed by atoms with Crippen LogP contribution in [0.4, 0.5) is 5.69 Å². The number of ether oxygens (including phenoxy) is 1. The van der Waals surface area contributed by atoms with Crippen molar-refractivity contribution in [2.75, 3.05) is 14.1 Å². The molecule has 0 fully saturated rings. The monoisotopic (exact) mass is 284 g/mol. The normalized spacial score (nSPS) is 10.6. The first kappa shape index (κ1) is 14.6. The molecule has 5 heteroatoms. The first-order valence-electron chi connectivity index (χ1n) is 6.43. The average molecular weight is 284 g/mol. The second-order valence-electron chi connectivity index (χ2n) is 4.64. The van der Waals surface area contributed by atoms with Gasteiger partial charge >= 0.3 is 0 Å². The van der Waals surface area contributed by atoms with E-state index >= 15 is 0 Å². The molecule has 21 heavy (non-hydrogen) atoms. The van der Waals surface area contributed by atoms with E-state index in [4.69, 9.17) is 4.74 Å². The number of nitrogens with zero attached hydrogens (tertiary/aromatic N) is 2. The minimum absolute atomic E-state index is 0.0153. The van der Waals surface area contributed by atoms with E-state index in [1.165, 1.54) is 6.07 Å². The predicted octanol–water partition coefficient (Wildman–Crippen LogP) is 3.92. The van der Waals surface area contributed by atoms with Gasteiger partial charge in [0.2, 0.25) is 0 Å². The van der Waals surface area contributed by atoms with Crippen LogP contribution < -0.4 is 4.74 Å². The molecular formula is C16H16N2O3. The van der Waals surface area contributed by atoms with E-state index in [-0.39, 0.29) is 5.69 Å². The van der Waals surface area contributed by atoms with Crippen molar-refractivity contribution in [1.82, 2.24) is 4.90 Å². The highest BCUT2D eigenvalue weighted by Crippen LogP contribution is 2.32. The molecule has 0 unspecified atom stereocenters. The van der Waals surface area contributed by atoms with Crippen molar-refractivity contribution < 1.29 is 9.66 Å². The Kier molecular flexibility index (Phi) is 4.56. The lowest BCUT2D eigenvalue weighted by Gasteiger charge is -2.10. The van der Waals surface area contributed by atoms with Gasteiger partial charge in [-0.3, -0.25) is 10.1 Å². The minimum atomic E-state index is -0.410. The van der Waals surface area contributed by atoms with Crippen molar-refractivity contribution in [2.24, 2.45) is 0 Å². The Morgan fingerprint density at radius 2 is 1.81 bits per heavy atom. The van der Waals surface area contributed by atoms with Crippen molar-refractivity contribution in [3.05, 3.63) is 70.4 Å². The quantitative estimate of drug-likeness (QED) is 0.617. The summed E-state index contributed by atoms with van der Waals surface area (Å²) in [5, 5.41) is 11.2. The first-order valence-corrected chi connectivity index (χ1v) is 6.43. The van der Waals surface area contributed by atoms with E-state index in [1.807, 2.05) is 37.2 Å². The Morgan fingerprint density at radius 1 is 1.10 bits per heavy atom. The first-order chi connectivity index (χ1) is 10.1. The summed E-state index contributed by atoms with van der Waals surface area (Å²) >= 11 is 0. The molecule has 2 aromatic rings. The number of hydrogen-bond donors (Lipinski definition) is 0. The third-order valence-electron chi connectivity index (χ3n) is 2.75. The van der Waals surface area contributed by atoms with Crippen molar-refractivity contribution in [3.8, 4) is 11.5 Å². The van der Waals surface area contributed by atoms with Crippen LogP contribution in [0.3, 0.4) is 0 Å². The van der Waals surface area contributed by atoms with E-state index < -0.39 is 4.92 Å². The zero-order valence-electron chi connectivity index (χ0n) is 11.9. The summed E-state index contributed by atoms with van der Waals surface area (Å²) in [4.78, 5) is 12.6. The van der Waals surface area contributed by atoms with Crippen molar-refractivity contribution in [2.45, 2.75) is 0 Å². The van der Waals surface area contributed by atoms with Gasteiger partial charge in [-0.15, -0.1) is 0 Å². The summed E-state index contributed by atoms with van der Waals surface area (Å²) in [5.74, 6) is 1.09. The Hall–Kier alpha value is -2.82. The summed E-state index contributed by atoms with van der Waals surface area (Å²) in [6.07, 6.45) is 3.43. The number of nitro groups is 1. The number of benzene rings is 2. The summed E-state index contributed by atoms with van der Waals surface area (Å²) in [6.45, 7) is 0. The summed E-state index contributed by atoms with van der Waals surface area (Å²) < 4.78 is 5.76. The fourth-order valence-electron chi connectivity index (χ4n) is 1.79.